The van der Waals surface area contributed by atoms with Crippen molar-refractivity contribution in [1.82, 2.24) is 0 Å². The molecule has 0 saturated heterocycles. The standard InChI is InChI=1S/C17H13I/c1-2-7-14-12(5-1)13-6-3-4-8-15(13)17-11-18-10-9-16(14)17/h1,3-6,8-11H,2,7H2. The Kier molecular flexibility index (Phi) is 2.47. The molecular weight excluding hydrogens is 331 g/mol. The largest absolute Gasteiger partial charge is 0.0930 e. The molecule has 2 aromatic rings. The molecule has 2 aliphatic rings. The minimum absolute atomic E-state index is 0.113. The Bertz CT molecular complexity index is 733. The Balaban J connectivity index is 2.24. The molecule has 0 nitrogen and oxygen atoms in total. The van der Waals surface area contributed by atoms with Crippen LogP contribution in [0.1, 0.15) is 28.7 Å². The first-order valence-corrected chi connectivity index (χ1v) is 8.80. The molecule has 1 aliphatic carbocycles. The van der Waals surface area contributed by atoms with E-state index in [9.17, 15) is 0 Å². The van der Waals surface area contributed by atoms with E-state index in [-0.39, 0.29) is 20.7 Å². The molecule has 1 heteroatoms. The fourth-order valence-corrected chi connectivity index (χ4v) is 4.77. The molecule has 0 radical (unpaired) electrons. The molecule has 0 unspecified atom stereocenters. The van der Waals surface area contributed by atoms with E-state index in [0.29, 0.717) is 0 Å². The van der Waals surface area contributed by atoms with E-state index in [0.717, 1.165) is 0 Å². The SMILES string of the molecule is C1=Cc2c(c3c(c4ccccc24)C=IC=C3)CC1. The maximum atomic E-state index is 2.48. The Hall–Kier alpha value is -1.22. The molecule has 0 amide bonds. The van der Waals surface area contributed by atoms with Gasteiger partial charge in [-0.15, -0.1) is 0 Å². The van der Waals surface area contributed by atoms with Gasteiger partial charge in [-0.2, -0.15) is 0 Å². The van der Waals surface area contributed by atoms with Crippen LogP contribution in [0.25, 0.3) is 22.9 Å². The summed E-state index contributed by atoms with van der Waals surface area (Å²) < 4.78 is 4.86. The maximum Gasteiger partial charge on any atom is -0.00453 e. The van der Waals surface area contributed by atoms with Crippen LogP contribution < -0.4 is 0 Å². The third kappa shape index (κ3) is 1.46. The van der Waals surface area contributed by atoms with Crippen molar-refractivity contribution in [2.75, 3.05) is 0 Å². The molecule has 0 N–H and O–H groups in total. The highest BCUT2D eigenvalue weighted by Gasteiger charge is 2.17. The predicted octanol–water partition coefficient (Wildman–Crippen LogP) is 4.90. The van der Waals surface area contributed by atoms with Crippen LogP contribution in [0.2, 0.25) is 0 Å². The molecule has 0 aromatic heterocycles. The van der Waals surface area contributed by atoms with Crippen LogP contribution in [-0.4, -0.2) is 4.01 Å². The Morgan fingerprint density at radius 3 is 2.61 bits per heavy atom. The molecule has 88 valence electrons. The van der Waals surface area contributed by atoms with Gasteiger partial charge in [0.2, 0.25) is 0 Å². The Morgan fingerprint density at radius 2 is 1.72 bits per heavy atom. The van der Waals surface area contributed by atoms with Crippen molar-refractivity contribution in [1.29, 1.82) is 0 Å². The third-order valence-corrected chi connectivity index (χ3v) is 5.53. The van der Waals surface area contributed by atoms with Crippen molar-refractivity contribution in [3.63, 3.8) is 0 Å². The maximum absolute atomic E-state index is 2.48. The highest BCUT2D eigenvalue weighted by atomic mass is 127. The minimum atomic E-state index is 0.113. The Labute approximate surface area is 117 Å². The summed E-state index contributed by atoms with van der Waals surface area (Å²) in [4.78, 5) is 0. The average Bonchev–Trinajstić information content (AvgIpc) is 2.48. The van der Waals surface area contributed by atoms with E-state index in [1.54, 1.807) is 5.56 Å². The molecule has 4 rings (SSSR count). The van der Waals surface area contributed by atoms with Crippen LogP contribution >= 0.6 is 20.7 Å². The van der Waals surface area contributed by atoms with Crippen LogP contribution in [0.15, 0.2) is 34.4 Å². The second-order valence-electron chi connectivity index (χ2n) is 4.73. The van der Waals surface area contributed by atoms with E-state index in [4.69, 9.17) is 0 Å². The zero-order valence-electron chi connectivity index (χ0n) is 9.99. The number of hydrogen-bond acceptors (Lipinski definition) is 0. The topological polar surface area (TPSA) is 0 Å². The molecule has 0 fully saturated rings. The van der Waals surface area contributed by atoms with E-state index in [1.165, 1.54) is 40.3 Å². The summed E-state index contributed by atoms with van der Waals surface area (Å²) in [7, 11) is 0. The summed E-state index contributed by atoms with van der Waals surface area (Å²) in [5, 5.41) is 2.86. The van der Waals surface area contributed by atoms with Crippen molar-refractivity contribution >= 4 is 47.7 Å². The predicted molar refractivity (Wildman–Crippen MR) is 89.5 cm³/mol. The second kappa shape index (κ2) is 4.16. The molecular formula is C17H13I. The summed E-state index contributed by atoms with van der Waals surface area (Å²) in [5.41, 5.74) is 5.99. The van der Waals surface area contributed by atoms with E-state index < -0.39 is 0 Å². The summed E-state index contributed by atoms with van der Waals surface area (Å²) in [6.07, 6.45) is 9.37. The molecule has 1 aliphatic heterocycles. The van der Waals surface area contributed by atoms with Crippen molar-refractivity contribution in [2.24, 2.45) is 0 Å². The third-order valence-electron chi connectivity index (χ3n) is 3.77. The average molecular weight is 344 g/mol. The molecule has 0 bridgehead atoms. The lowest BCUT2D eigenvalue weighted by Crippen LogP contribution is -2.04. The normalized spacial score (nSPS) is 16.2. The van der Waals surface area contributed by atoms with Crippen molar-refractivity contribution in [3.8, 4) is 0 Å². The van der Waals surface area contributed by atoms with E-state index in [2.05, 4.69) is 50.6 Å². The molecule has 2 aromatic carbocycles. The van der Waals surface area contributed by atoms with Crippen LogP contribution in [0, 0.1) is 0 Å². The van der Waals surface area contributed by atoms with Crippen LogP contribution in [0.4, 0.5) is 0 Å². The van der Waals surface area contributed by atoms with Gasteiger partial charge in [0.25, 0.3) is 0 Å². The first kappa shape index (κ1) is 10.7. The number of halogens is 1. The number of hydrogen-bond donors (Lipinski definition) is 0. The summed E-state index contributed by atoms with van der Waals surface area (Å²) in [5.74, 6) is 0. The zero-order chi connectivity index (χ0) is 11.9. The summed E-state index contributed by atoms with van der Waals surface area (Å²) >= 11 is 0.113. The quantitative estimate of drug-likeness (QED) is 0.596. The second-order valence-corrected chi connectivity index (χ2v) is 6.80. The van der Waals surface area contributed by atoms with Gasteiger partial charge in [-0.1, -0.05) is 57.1 Å². The molecule has 18 heavy (non-hydrogen) atoms. The number of allylic oxidation sites excluding steroid dienone is 1. The molecule has 0 atom stereocenters. The monoisotopic (exact) mass is 344 g/mol. The van der Waals surface area contributed by atoms with Crippen LogP contribution in [0.3, 0.4) is 0 Å². The van der Waals surface area contributed by atoms with Gasteiger partial charge in [0.1, 0.15) is 0 Å². The fourth-order valence-electron chi connectivity index (χ4n) is 2.96. The Morgan fingerprint density at radius 1 is 0.889 bits per heavy atom. The molecule has 0 saturated carbocycles. The number of benzene rings is 2. The van der Waals surface area contributed by atoms with Gasteiger partial charge >= 0.3 is 0 Å². The highest BCUT2D eigenvalue weighted by Crippen LogP contribution is 2.36. The highest BCUT2D eigenvalue weighted by molar-refractivity contribution is 14.2. The summed E-state index contributed by atoms with van der Waals surface area (Å²) in [6.45, 7) is 0. The lowest BCUT2D eigenvalue weighted by atomic mass is 9.85. The van der Waals surface area contributed by atoms with E-state index in [1.807, 2.05) is 0 Å². The van der Waals surface area contributed by atoms with Crippen LogP contribution in [-0.2, 0) is 6.42 Å². The first-order valence-electron chi connectivity index (χ1n) is 6.31. The lowest BCUT2D eigenvalue weighted by Gasteiger charge is -2.21. The van der Waals surface area contributed by atoms with Crippen molar-refractivity contribution in [3.05, 3.63) is 56.7 Å². The van der Waals surface area contributed by atoms with Gasteiger partial charge in [-0.25, -0.2) is 0 Å². The lowest BCUT2D eigenvalue weighted by molar-refractivity contribution is 0.986. The van der Waals surface area contributed by atoms with Gasteiger partial charge in [0.15, 0.2) is 0 Å². The van der Waals surface area contributed by atoms with E-state index >= 15 is 0 Å². The minimum Gasteiger partial charge on any atom is -0.0930 e. The fraction of sp³-hybridized carbons (Fsp3) is 0.118. The smallest absolute Gasteiger partial charge is 0.00453 e. The first-order chi connectivity index (χ1) is 8.95. The number of fused-ring (bicyclic) bond motifs is 6. The summed E-state index contributed by atoms with van der Waals surface area (Å²) in [6, 6.07) is 8.86. The molecule has 1 heterocycles. The van der Waals surface area contributed by atoms with Gasteiger partial charge in [0.05, 0.1) is 0 Å². The van der Waals surface area contributed by atoms with Crippen molar-refractivity contribution in [2.45, 2.75) is 12.8 Å². The van der Waals surface area contributed by atoms with Crippen LogP contribution in [0.5, 0.6) is 0 Å². The van der Waals surface area contributed by atoms with Gasteiger partial charge < -0.3 is 0 Å². The van der Waals surface area contributed by atoms with Crippen molar-refractivity contribution < 1.29 is 0 Å². The van der Waals surface area contributed by atoms with Gasteiger partial charge in [-0.05, 0) is 60.0 Å². The van der Waals surface area contributed by atoms with Gasteiger partial charge in [-0.3, -0.25) is 0 Å². The number of rotatable bonds is 0. The zero-order valence-corrected chi connectivity index (χ0v) is 12.1. The van der Waals surface area contributed by atoms with Gasteiger partial charge in [0, 0.05) is 0 Å². The molecule has 0 spiro atoms.